The number of carbonyl (C=O) groups excluding carboxylic acids is 1. The lowest BCUT2D eigenvalue weighted by Gasteiger charge is -2.14. The topological polar surface area (TPSA) is 90.4 Å². The summed E-state index contributed by atoms with van der Waals surface area (Å²) in [5.41, 5.74) is 7.67. The van der Waals surface area contributed by atoms with Gasteiger partial charge in [-0.1, -0.05) is 30.3 Å². The lowest BCUT2D eigenvalue weighted by molar-refractivity contribution is 0.0995. The molecule has 0 saturated heterocycles. The second-order valence-electron chi connectivity index (χ2n) is 7.11. The van der Waals surface area contributed by atoms with Gasteiger partial charge in [0.2, 0.25) is 0 Å². The molecule has 7 heteroatoms. The number of para-hydroxylation sites is 1. The summed E-state index contributed by atoms with van der Waals surface area (Å²) in [6.45, 7) is 0.904. The van der Waals surface area contributed by atoms with E-state index in [4.69, 9.17) is 10.5 Å². The number of aliphatic hydroxyl groups is 1. The average Bonchev–Trinajstić information content (AvgIpc) is 3.22. The van der Waals surface area contributed by atoms with Crippen molar-refractivity contribution in [2.45, 2.75) is 43.4 Å². The van der Waals surface area contributed by atoms with E-state index < -0.39 is 12.0 Å². The van der Waals surface area contributed by atoms with Crippen molar-refractivity contribution >= 4 is 17.7 Å². The number of hydrogen-bond acceptors (Lipinski definition) is 5. The summed E-state index contributed by atoms with van der Waals surface area (Å²) in [6, 6.07) is 16.4. The highest BCUT2D eigenvalue weighted by atomic mass is 32.2. The van der Waals surface area contributed by atoms with Crippen molar-refractivity contribution in [2.24, 2.45) is 5.73 Å². The van der Waals surface area contributed by atoms with E-state index in [9.17, 15) is 9.90 Å². The predicted octanol–water partition coefficient (Wildman–Crippen LogP) is 3.67. The largest absolute Gasteiger partial charge is 0.489 e. The van der Waals surface area contributed by atoms with Crippen LogP contribution in [-0.2, 0) is 19.6 Å². The summed E-state index contributed by atoms with van der Waals surface area (Å²) in [6.07, 6.45) is 6.87. The summed E-state index contributed by atoms with van der Waals surface area (Å²) in [4.78, 5) is 16.3. The van der Waals surface area contributed by atoms with Gasteiger partial charge in [-0.15, -0.1) is 11.8 Å². The monoisotopic (exact) mass is 425 g/mol. The third-order valence-corrected chi connectivity index (χ3v) is 5.56. The van der Waals surface area contributed by atoms with E-state index in [0.717, 1.165) is 29.7 Å². The second-order valence-corrected chi connectivity index (χ2v) is 7.99. The smallest absolute Gasteiger partial charge is 0.268 e. The van der Waals surface area contributed by atoms with Crippen molar-refractivity contribution in [2.75, 3.05) is 6.26 Å². The zero-order chi connectivity index (χ0) is 21.3. The first-order valence-corrected chi connectivity index (χ1v) is 11.1. The molecule has 1 amide bonds. The van der Waals surface area contributed by atoms with Crippen LogP contribution < -0.4 is 10.5 Å². The van der Waals surface area contributed by atoms with Crippen LogP contribution >= 0.6 is 11.8 Å². The second kappa shape index (κ2) is 10.8. The van der Waals surface area contributed by atoms with Crippen molar-refractivity contribution in [3.05, 3.63) is 77.9 Å². The lowest BCUT2D eigenvalue weighted by atomic mass is 10.0. The molecule has 0 radical (unpaired) electrons. The number of nitrogens with two attached hydrogens (primary N) is 1. The number of imidazole rings is 1. The van der Waals surface area contributed by atoms with E-state index in [-0.39, 0.29) is 5.69 Å². The molecule has 0 unspecified atom stereocenters. The number of hydrogen-bond donors (Lipinski definition) is 2. The third-order valence-electron chi connectivity index (χ3n) is 4.82. The quantitative estimate of drug-likeness (QED) is 0.458. The fraction of sp³-hybridized carbons (Fsp3) is 0.304. The lowest BCUT2D eigenvalue weighted by Crippen LogP contribution is -2.15. The number of thioether (sulfide) groups is 1. The molecule has 0 aliphatic carbocycles. The molecule has 0 saturated carbocycles. The molecule has 2 aromatic carbocycles. The Balaban J connectivity index is 1.48. The minimum absolute atomic E-state index is 0.205. The SMILES string of the molecule is CSc1ccc(COc2ccccc2CCC[C@H](O)Cn2cnc(C(N)=O)c2)cc1. The molecule has 0 fully saturated rings. The summed E-state index contributed by atoms with van der Waals surface area (Å²) in [5.74, 6) is 0.307. The van der Waals surface area contributed by atoms with Gasteiger partial charge in [0, 0.05) is 17.6 Å². The van der Waals surface area contributed by atoms with Gasteiger partial charge in [-0.05, 0) is 54.8 Å². The van der Waals surface area contributed by atoms with Crippen molar-refractivity contribution in [1.82, 2.24) is 9.55 Å². The van der Waals surface area contributed by atoms with Gasteiger partial charge in [-0.2, -0.15) is 0 Å². The number of aromatic nitrogens is 2. The molecule has 1 atom stereocenters. The first-order chi connectivity index (χ1) is 14.5. The van der Waals surface area contributed by atoms with Crippen molar-refractivity contribution in [3.63, 3.8) is 0 Å². The molecule has 30 heavy (non-hydrogen) atoms. The maximum atomic E-state index is 11.1. The summed E-state index contributed by atoms with van der Waals surface area (Å²) in [7, 11) is 0. The highest BCUT2D eigenvalue weighted by Gasteiger charge is 2.10. The Bertz CT molecular complexity index is 956. The Morgan fingerprint density at radius 2 is 2.00 bits per heavy atom. The van der Waals surface area contributed by atoms with E-state index in [1.165, 1.54) is 11.2 Å². The number of aliphatic hydroxyl groups excluding tert-OH is 1. The number of amides is 1. The third kappa shape index (κ3) is 6.37. The molecule has 1 heterocycles. The van der Waals surface area contributed by atoms with Crippen LogP contribution in [0.15, 0.2) is 66.0 Å². The van der Waals surface area contributed by atoms with E-state index >= 15 is 0 Å². The van der Waals surface area contributed by atoms with Gasteiger partial charge in [0.25, 0.3) is 5.91 Å². The zero-order valence-electron chi connectivity index (χ0n) is 17.0. The van der Waals surface area contributed by atoms with E-state index in [0.29, 0.717) is 19.6 Å². The number of rotatable bonds is 11. The van der Waals surface area contributed by atoms with E-state index in [1.807, 2.05) is 18.2 Å². The Labute approximate surface area is 181 Å². The number of benzene rings is 2. The normalized spacial score (nSPS) is 11.9. The number of ether oxygens (including phenoxy) is 1. The number of primary amides is 1. The van der Waals surface area contributed by atoms with E-state index in [1.54, 1.807) is 22.5 Å². The minimum atomic E-state index is -0.569. The molecule has 0 aliphatic heterocycles. The highest BCUT2D eigenvalue weighted by Crippen LogP contribution is 2.22. The van der Waals surface area contributed by atoms with Crippen LogP contribution in [0.5, 0.6) is 5.75 Å². The Kier molecular flexibility index (Phi) is 7.93. The fourth-order valence-corrected chi connectivity index (χ4v) is 3.59. The molecule has 3 N–H and O–H groups in total. The van der Waals surface area contributed by atoms with Crippen LogP contribution in [0.2, 0.25) is 0 Å². The van der Waals surface area contributed by atoms with Gasteiger partial charge in [0.05, 0.1) is 12.4 Å². The zero-order valence-corrected chi connectivity index (χ0v) is 17.8. The Morgan fingerprint density at radius 3 is 2.70 bits per heavy atom. The van der Waals surface area contributed by atoms with E-state index in [2.05, 4.69) is 41.6 Å². The van der Waals surface area contributed by atoms with Crippen LogP contribution in [0.4, 0.5) is 0 Å². The molecule has 0 bridgehead atoms. The van der Waals surface area contributed by atoms with Crippen LogP contribution in [0, 0.1) is 0 Å². The Morgan fingerprint density at radius 1 is 1.23 bits per heavy atom. The molecule has 1 aromatic heterocycles. The van der Waals surface area contributed by atoms with Crippen molar-refractivity contribution in [3.8, 4) is 5.75 Å². The summed E-state index contributed by atoms with van der Waals surface area (Å²) in [5, 5.41) is 10.3. The van der Waals surface area contributed by atoms with Crippen LogP contribution in [-0.4, -0.2) is 32.9 Å². The summed E-state index contributed by atoms with van der Waals surface area (Å²) < 4.78 is 7.73. The van der Waals surface area contributed by atoms with Gasteiger partial charge in [0.1, 0.15) is 18.1 Å². The Hall–Kier alpha value is -2.77. The molecule has 3 aromatic rings. The molecule has 0 spiro atoms. The average molecular weight is 426 g/mol. The van der Waals surface area contributed by atoms with Gasteiger partial charge < -0.3 is 20.1 Å². The van der Waals surface area contributed by atoms with Crippen molar-refractivity contribution in [1.29, 1.82) is 0 Å². The van der Waals surface area contributed by atoms with Gasteiger partial charge >= 0.3 is 0 Å². The predicted molar refractivity (Wildman–Crippen MR) is 119 cm³/mol. The maximum Gasteiger partial charge on any atom is 0.268 e. The fourth-order valence-electron chi connectivity index (χ4n) is 3.18. The standard InChI is InChI=1S/C23H27N3O3S/c1-30-20-11-9-17(10-12-20)15-29-22-8-3-2-5-18(22)6-4-7-19(27)13-26-14-21(23(24)28)25-16-26/h2-3,5,8-12,14,16,19,27H,4,6-7,13,15H2,1H3,(H2,24,28)/t19-/m0/s1. The number of nitrogens with zero attached hydrogens (tertiary/aromatic N) is 2. The summed E-state index contributed by atoms with van der Waals surface area (Å²) >= 11 is 1.72. The molecular formula is C23H27N3O3S. The van der Waals surface area contributed by atoms with Crippen LogP contribution in [0.3, 0.4) is 0 Å². The van der Waals surface area contributed by atoms with Crippen LogP contribution in [0.25, 0.3) is 0 Å². The first kappa shape index (κ1) is 21.9. The van der Waals surface area contributed by atoms with Crippen molar-refractivity contribution < 1.29 is 14.6 Å². The van der Waals surface area contributed by atoms with Gasteiger partial charge in [-0.25, -0.2) is 4.98 Å². The van der Waals surface area contributed by atoms with Gasteiger partial charge in [-0.3, -0.25) is 4.79 Å². The number of carbonyl (C=O) groups is 1. The minimum Gasteiger partial charge on any atom is -0.489 e. The molecule has 3 rings (SSSR count). The van der Waals surface area contributed by atoms with Crippen LogP contribution in [0.1, 0.15) is 34.5 Å². The molecule has 158 valence electrons. The number of aryl methyl sites for hydroxylation is 1. The molecule has 0 aliphatic rings. The van der Waals surface area contributed by atoms with Gasteiger partial charge in [0.15, 0.2) is 0 Å². The maximum absolute atomic E-state index is 11.1. The molecule has 6 nitrogen and oxygen atoms in total. The first-order valence-electron chi connectivity index (χ1n) is 9.88. The highest BCUT2D eigenvalue weighted by molar-refractivity contribution is 7.98. The molecular weight excluding hydrogens is 398 g/mol.